The normalized spacial score (nSPS) is 11.6. The highest BCUT2D eigenvalue weighted by molar-refractivity contribution is 6.31. The van der Waals surface area contributed by atoms with Gasteiger partial charge in [0.05, 0.1) is 6.54 Å². The smallest absolute Gasteiger partial charge is 0.134 e. The Hall–Kier alpha value is -0.990. The van der Waals surface area contributed by atoms with E-state index in [0.29, 0.717) is 5.92 Å². The molecule has 1 aromatic carbocycles. The third kappa shape index (κ3) is 2.82. The first-order valence-electron chi connectivity index (χ1n) is 5.96. The number of halogens is 1. The maximum atomic E-state index is 5.99. The van der Waals surface area contributed by atoms with Gasteiger partial charge < -0.3 is 9.73 Å². The molecule has 0 aliphatic rings. The predicted molar refractivity (Wildman–Crippen MR) is 72.5 cm³/mol. The Labute approximate surface area is 107 Å². The maximum Gasteiger partial charge on any atom is 0.134 e. The van der Waals surface area contributed by atoms with Crippen LogP contribution in [0.5, 0.6) is 0 Å². The highest BCUT2D eigenvalue weighted by Crippen LogP contribution is 2.27. The molecular formula is C14H18ClNO. The van der Waals surface area contributed by atoms with Crippen molar-refractivity contribution in [1.82, 2.24) is 5.32 Å². The molecule has 0 aliphatic heterocycles. The number of furan rings is 1. The van der Waals surface area contributed by atoms with Crippen LogP contribution >= 0.6 is 11.6 Å². The molecule has 1 heterocycles. The number of nitrogens with one attached hydrogen (secondary N) is 1. The number of rotatable bonds is 4. The van der Waals surface area contributed by atoms with E-state index in [1.807, 2.05) is 18.2 Å². The third-order valence-electron chi connectivity index (χ3n) is 2.84. The Balaban J connectivity index is 2.20. The van der Waals surface area contributed by atoms with E-state index in [9.17, 15) is 0 Å². The lowest BCUT2D eigenvalue weighted by Gasteiger charge is -2.05. The molecule has 0 radical (unpaired) electrons. The van der Waals surface area contributed by atoms with Crippen molar-refractivity contribution in [3.63, 3.8) is 0 Å². The van der Waals surface area contributed by atoms with Crippen LogP contribution in [0, 0.1) is 12.8 Å². The fourth-order valence-electron chi connectivity index (χ4n) is 1.89. The molecule has 1 aromatic heterocycles. The van der Waals surface area contributed by atoms with Crippen molar-refractivity contribution in [1.29, 1.82) is 0 Å². The number of hydrogen-bond acceptors (Lipinski definition) is 2. The summed E-state index contributed by atoms with van der Waals surface area (Å²) in [5.74, 6) is 1.65. The van der Waals surface area contributed by atoms with Gasteiger partial charge in [0.2, 0.25) is 0 Å². The lowest BCUT2D eigenvalue weighted by atomic mass is 10.1. The van der Waals surface area contributed by atoms with Crippen molar-refractivity contribution >= 4 is 22.6 Å². The van der Waals surface area contributed by atoms with Gasteiger partial charge in [-0.1, -0.05) is 25.4 Å². The third-order valence-corrected chi connectivity index (χ3v) is 3.07. The summed E-state index contributed by atoms with van der Waals surface area (Å²) in [4.78, 5) is 0. The second-order valence-corrected chi connectivity index (χ2v) is 5.25. The Morgan fingerprint density at radius 3 is 2.82 bits per heavy atom. The Kier molecular flexibility index (Phi) is 3.75. The molecule has 0 saturated carbocycles. The van der Waals surface area contributed by atoms with Gasteiger partial charge in [-0.15, -0.1) is 0 Å². The van der Waals surface area contributed by atoms with E-state index in [2.05, 4.69) is 26.1 Å². The summed E-state index contributed by atoms with van der Waals surface area (Å²) < 4.78 is 5.81. The molecule has 1 N–H and O–H groups in total. The Morgan fingerprint density at radius 2 is 2.12 bits per heavy atom. The summed E-state index contributed by atoms with van der Waals surface area (Å²) in [6.45, 7) is 8.23. The molecule has 17 heavy (non-hydrogen) atoms. The molecule has 0 amide bonds. The zero-order valence-electron chi connectivity index (χ0n) is 10.5. The van der Waals surface area contributed by atoms with Gasteiger partial charge in [0.25, 0.3) is 0 Å². The van der Waals surface area contributed by atoms with Crippen LogP contribution in [0.25, 0.3) is 11.0 Å². The van der Waals surface area contributed by atoms with Crippen LogP contribution < -0.4 is 5.32 Å². The van der Waals surface area contributed by atoms with Crippen molar-refractivity contribution in [3.8, 4) is 0 Å². The molecule has 0 saturated heterocycles. The van der Waals surface area contributed by atoms with Crippen LogP contribution in [0.1, 0.15) is 25.2 Å². The SMILES string of the molecule is Cc1c(CNCC(C)C)oc2ccc(Cl)cc12. The lowest BCUT2D eigenvalue weighted by molar-refractivity contribution is 0.482. The molecule has 0 spiro atoms. The van der Waals surface area contributed by atoms with Gasteiger partial charge in [-0.25, -0.2) is 0 Å². The monoisotopic (exact) mass is 251 g/mol. The molecule has 0 aliphatic carbocycles. The zero-order chi connectivity index (χ0) is 12.4. The van der Waals surface area contributed by atoms with Crippen LogP contribution in [-0.2, 0) is 6.54 Å². The number of fused-ring (bicyclic) bond motifs is 1. The molecule has 0 fully saturated rings. The number of benzene rings is 1. The summed E-state index contributed by atoms with van der Waals surface area (Å²) in [6.07, 6.45) is 0. The van der Waals surface area contributed by atoms with E-state index in [4.69, 9.17) is 16.0 Å². The summed E-state index contributed by atoms with van der Waals surface area (Å²) >= 11 is 5.99. The largest absolute Gasteiger partial charge is 0.459 e. The molecule has 0 bridgehead atoms. The summed E-state index contributed by atoms with van der Waals surface area (Å²) in [5.41, 5.74) is 2.09. The van der Waals surface area contributed by atoms with E-state index in [1.165, 1.54) is 5.56 Å². The zero-order valence-corrected chi connectivity index (χ0v) is 11.3. The minimum atomic E-state index is 0.647. The highest BCUT2D eigenvalue weighted by atomic mass is 35.5. The topological polar surface area (TPSA) is 25.2 Å². The quantitative estimate of drug-likeness (QED) is 0.884. The summed E-state index contributed by atoms with van der Waals surface area (Å²) in [6, 6.07) is 5.75. The minimum Gasteiger partial charge on any atom is -0.459 e. The molecule has 2 aromatic rings. The van der Waals surface area contributed by atoms with Gasteiger partial charge >= 0.3 is 0 Å². The van der Waals surface area contributed by atoms with Crippen LogP contribution in [0.2, 0.25) is 5.02 Å². The Bertz CT molecular complexity index is 516. The summed E-state index contributed by atoms with van der Waals surface area (Å²) in [5, 5.41) is 5.25. The standard InChI is InChI=1S/C14H18ClNO/c1-9(2)7-16-8-14-10(3)12-6-11(15)4-5-13(12)17-14/h4-6,9,16H,7-8H2,1-3H3. The van der Waals surface area contributed by atoms with Gasteiger partial charge in [0.15, 0.2) is 0 Å². The van der Waals surface area contributed by atoms with Crippen molar-refractivity contribution in [2.24, 2.45) is 5.92 Å². The van der Waals surface area contributed by atoms with Crippen LogP contribution in [-0.4, -0.2) is 6.54 Å². The van der Waals surface area contributed by atoms with E-state index >= 15 is 0 Å². The van der Waals surface area contributed by atoms with E-state index in [-0.39, 0.29) is 0 Å². The lowest BCUT2D eigenvalue weighted by Crippen LogP contribution is -2.18. The summed E-state index contributed by atoms with van der Waals surface area (Å²) in [7, 11) is 0. The van der Waals surface area contributed by atoms with E-state index in [1.54, 1.807) is 0 Å². The molecule has 2 nitrogen and oxygen atoms in total. The van der Waals surface area contributed by atoms with Crippen LogP contribution in [0.3, 0.4) is 0 Å². The molecule has 3 heteroatoms. The fraction of sp³-hybridized carbons (Fsp3) is 0.429. The molecule has 0 unspecified atom stereocenters. The van der Waals surface area contributed by atoms with Gasteiger partial charge in [0.1, 0.15) is 11.3 Å². The van der Waals surface area contributed by atoms with Crippen molar-refractivity contribution in [2.45, 2.75) is 27.3 Å². The molecule has 2 rings (SSSR count). The number of hydrogen-bond donors (Lipinski definition) is 1. The highest BCUT2D eigenvalue weighted by Gasteiger charge is 2.10. The van der Waals surface area contributed by atoms with Crippen LogP contribution in [0.15, 0.2) is 22.6 Å². The van der Waals surface area contributed by atoms with Crippen molar-refractivity contribution in [2.75, 3.05) is 6.54 Å². The van der Waals surface area contributed by atoms with Gasteiger partial charge in [-0.05, 0) is 43.1 Å². The van der Waals surface area contributed by atoms with Crippen molar-refractivity contribution < 1.29 is 4.42 Å². The van der Waals surface area contributed by atoms with E-state index in [0.717, 1.165) is 34.8 Å². The molecule has 0 atom stereocenters. The maximum absolute atomic E-state index is 5.99. The number of aryl methyl sites for hydroxylation is 1. The second-order valence-electron chi connectivity index (χ2n) is 4.82. The average Bonchev–Trinajstić information content (AvgIpc) is 2.56. The minimum absolute atomic E-state index is 0.647. The van der Waals surface area contributed by atoms with E-state index < -0.39 is 0 Å². The average molecular weight is 252 g/mol. The predicted octanol–water partition coefficient (Wildman–Crippen LogP) is 4.14. The first-order chi connectivity index (χ1) is 8.08. The Morgan fingerprint density at radius 1 is 1.35 bits per heavy atom. The van der Waals surface area contributed by atoms with Crippen LogP contribution in [0.4, 0.5) is 0 Å². The van der Waals surface area contributed by atoms with Gasteiger partial charge in [-0.3, -0.25) is 0 Å². The molecule has 92 valence electrons. The van der Waals surface area contributed by atoms with Gasteiger partial charge in [0, 0.05) is 10.4 Å². The fourth-order valence-corrected chi connectivity index (χ4v) is 2.06. The second kappa shape index (κ2) is 5.11. The van der Waals surface area contributed by atoms with Crippen molar-refractivity contribution in [3.05, 3.63) is 34.5 Å². The first-order valence-corrected chi connectivity index (χ1v) is 6.34. The first kappa shape index (κ1) is 12.5. The van der Waals surface area contributed by atoms with Gasteiger partial charge in [-0.2, -0.15) is 0 Å². The molecular weight excluding hydrogens is 234 g/mol.